The predicted molar refractivity (Wildman–Crippen MR) is 83.2 cm³/mol. The summed E-state index contributed by atoms with van der Waals surface area (Å²) >= 11 is 0. The normalized spacial score (nSPS) is 11.0. The highest BCUT2D eigenvalue weighted by molar-refractivity contribution is 5.49. The summed E-state index contributed by atoms with van der Waals surface area (Å²) in [5, 5.41) is 16.6. The van der Waals surface area contributed by atoms with E-state index in [2.05, 4.69) is 15.4 Å². The molecule has 0 heterocycles. The summed E-state index contributed by atoms with van der Waals surface area (Å²) in [7, 11) is 0. The van der Waals surface area contributed by atoms with E-state index in [0.29, 0.717) is 18.8 Å². The Bertz CT molecular complexity index is 673. The van der Waals surface area contributed by atoms with Gasteiger partial charge in [0.05, 0.1) is 4.92 Å². The van der Waals surface area contributed by atoms with E-state index in [4.69, 9.17) is 0 Å². The molecule has 0 unspecified atom stereocenters. The number of anilines is 2. The second-order valence-electron chi connectivity index (χ2n) is 4.73. The van der Waals surface area contributed by atoms with Crippen molar-refractivity contribution in [3.8, 4) is 5.75 Å². The molecule has 0 aliphatic carbocycles. The number of halogens is 3. The Morgan fingerprint density at radius 1 is 0.917 bits per heavy atom. The van der Waals surface area contributed by atoms with Gasteiger partial charge in [0.2, 0.25) is 0 Å². The molecule has 24 heavy (non-hydrogen) atoms. The van der Waals surface area contributed by atoms with Gasteiger partial charge in [-0.05, 0) is 36.4 Å². The van der Waals surface area contributed by atoms with Crippen LogP contribution in [0.15, 0.2) is 48.5 Å². The highest BCUT2D eigenvalue weighted by Gasteiger charge is 2.30. The molecule has 0 saturated carbocycles. The molecule has 0 fully saturated rings. The molecule has 0 spiro atoms. The van der Waals surface area contributed by atoms with Crippen LogP contribution in [0.2, 0.25) is 0 Å². The zero-order chi connectivity index (χ0) is 17.6. The third-order valence-corrected chi connectivity index (χ3v) is 2.95. The van der Waals surface area contributed by atoms with Gasteiger partial charge >= 0.3 is 6.36 Å². The van der Waals surface area contributed by atoms with Crippen LogP contribution in [0.1, 0.15) is 0 Å². The molecule has 2 rings (SSSR count). The van der Waals surface area contributed by atoms with Crippen molar-refractivity contribution >= 4 is 17.1 Å². The molecule has 0 bridgehead atoms. The van der Waals surface area contributed by atoms with Gasteiger partial charge in [-0.25, -0.2) is 0 Å². The molecule has 0 aromatic heterocycles. The SMILES string of the molecule is O=[N+]([O-])c1ccc(NCCNc2ccc(OC(F)(F)F)cc2)cc1. The average molecular weight is 341 g/mol. The maximum Gasteiger partial charge on any atom is 0.573 e. The number of hydrogen-bond acceptors (Lipinski definition) is 5. The molecule has 0 saturated heterocycles. The zero-order valence-corrected chi connectivity index (χ0v) is 12.3. The minimum atomic E-state index is -4.70. The molecule has 128 valence electrons. The Balaban J connectivity index is 1.75. The van der Waals surface area contributed by atoms with Crippen molar-refractivity contribution < 1.29 is 22.8 Å². The van der Waals surface area contributed by atoms with Crippen LogP contribution in [0.5, 0.6) is 5.75 Å². The van der Waals surface area contributed by atoms with E-state index in [1.807, 2.05) is 0 Å². The first kappa shape index (κ1) is 17.4. The van der Waals surface area contributed by atoms with E-state index in [-0.39, 0.29) is 11.4 Å². The summed E-state index contributed by atoms with van der Waals surface area (Å²) in [6.07, 6.45) is -4.70. The van der Waals surface area contributed by atoms with Crippen molar-refractivity contribution in [1.29, 1.82) is 0 Å². The van der Waals surface area contributed by atoms with Crippen molar-refractivity contribution in [1.82, 2.24) is 0 Å². The third-order valence-electron chi connectivity index (χ3n) is 2.95. The fraction of sp³-hybridized carbons (Fsp3) is 0.200. The number of nitro benzene ring substituents is 1. The molecule has 6 nitrogen and oxygen atoms in total. The predicted octanol–water partition coefficient (Wildman–Crippen LogP) is 4.02. The molecule has 0 atom stereocenters. The lowest BCUT2D eigenvalue weighted by atomic mass is 10.3. The lowest BCUT2D eigenvalue weighted by molar-refractivity contribution is -0.384. The van der Waals surface area contributed by atoms with Crippen LogP contribution < -0.4 is 15.4 Å². The van der Waals surface area contributed by atoms with Crippen LogP contribution in [0.25, 0.3) is 0 Å². The second-order valence-corrected chi connectivity index (χ2v) is 4.73. The maximum atomic E-state index is 12.0. The zero-order valence-electron chi connectivity index (χ0n) is 12.3. The van der Waals surface area contributed by atoms with Gasteiger partial charge in [0, 0.05) is 36.6 Å². The lowest BCUT2D eigenvalue weighted by Crippen LogP contribution is -2.17. The number of nitro groups is 1. The van der Waals surface area contributed by atoms with Crippen molar-refractivity contribution in [2.24, 2.45) is 0 Å². The topological polar surface area (TPSA) is 76.4 Å². The quantitative estimate of drug-likeness (QED) is 0.452. The number of hydrogen-bond donors (Lipinski definition) is 2. The molecule has 9 heteroatoms. The van der Waals surface area contributed by atoms with Crippen molar-refractivity contribution in [3.63, 3.8) is 0 Å². The number of benzene rings is 2. The number of nitrogens with one attached hydrogen (secondary N) is 2. The Morgan fingerprint density at radius 2 is 1.38 bits per heavy atom. The molecule has 2 aromatic rings. The second kappa shape index (κ2) is 7.53. The van der Waals surface area contributed by atoms with Crippen LogP contribution in [0.3, 0.4) is 0 Å². The van der Waals surface area contributed by atoms with Gasteiger partial charge in [0.15, 0.2) is 0 Å². The average Bonchev–Trinajstić information content (AvgIpc) is 2.52. The van der Waals surface area contributed by atoms with Gasteiger partial charge in [0.1, 0.15) is 5.75 Å². The molecule has 2 N–H and O–H groups in total. The summed E-state index contributed by atoms with van der Waals surface area (Å²) < 4.78 is 39.9. The minimum absolute atomic E-state index is 0.0137. The van der Waals surface area contributed by atoms with Gasteiger partial charge in [-0.3, -0.25) is 10.1 Å². The van der Waals surface area contributed by atoms with Crippen molar-refractivity contribution in [2.75, 3.05) is 23.7 Å². The fourth-order valence-electron chi connectivity index (χ4n) is 1.89. The van der Waals surface area contributed by atoms with Gasteiger partial charge in [-0.15, -0.1) is 13.2 Å². The summed E-state index contributed by atoms with van der Waals surface area (Å²) in [6, 6.07) is 11.4. The Labute approximate surface area is 135 Å². The number of ether oxygens (including phenoxy) is 1. The van der Waals surface area contributed by atoms with E-state index in [9.17, 15) is 23.3 Å². The van der Waals surface area contributed by atoms with Crippen LogP contribution in [0, 0.1) is 10.1 Å². The van der Waals surface area contributed by atoms with Crippen LogP contribution >= 0.6 is 0 Å². The number of non-ortho nitro benzene ring substituents is 1. The first-order valence-electron chi connectivity index (χ1n) is 6.91. The number of nitrogens with zero attached hydrogens (tertiary/aromatic N) is 1. The van der Waals surface area contributed by atoms with Gasteiger partial charge in [0.25, 0.3) is 5.69 Å². The highest BCUT2D eigenvalue weighted by Crippen LogP contribution is 2.23. The molecular weight excluding hydrogens is 327 g/mol. The van der Waals surface area contributed by atoms with Gasteiger partial charge < -0.3 is 15.4 Å². The van der Waals surface area contributed by atoms with E-state index in [0.717, 1.165) is 5.69 Å². The van der Waals surface area contributed by atoms with E-state index in [1.54, 1.807) is 12.1 Å². The summed E-state index contributed by atoms with van der Waals surface area (Å²) in [5.41, 5.74) is 1.39. The monoisotopic (exact) mass is 341 g/mol. The molecule has 0 radical (unpaired) electrons. The van der Waals surface area contributed by atoms with Gasteiger partial charge in [-0.2, -0.15) is 0 Å². The van der Waals surface area contributed by atoms with Crippen LogP contribution in [-0.2, 0) is 0 Å². The van der Waals surface area contributed by atoms with E-state index < -0.39 is 11.3 Å². The lowest BCUT2D eigenvalue weighted by Gasteiger charge is -2.11. The summed E-state index contributed by atoms with van der Waals surface area (Å²) in [5.74, 6) is -0.281. The first-order chi connectivity index (χ1) is 11.3. The molecular formula is C15H14F3N3O3. The Morgan fingerprint density at radius 3 is 1.79 bits per heavy atom. The summed E-state index contributed by atoms with van der Waals surface area (Å²) in [6.45, 7) is 1.04. The maximum absolute atomic E-state index is 12.0. The number of rotatable bonds is 7. The fourth-order valence-corrected chi connectivity index (χ4v) is 1.89. The molecule has 0 amide bonds. The molecule has 2 aromatic carbocycles. The molecule has 0 aliphatic rings. The molecule has 0 aliphatic heterocycles. The van der Waals surface area contributed by atoms with Crippen molar-refractivity contribution in [3.05, 3.63) is 58.6 Å². The third kappa shape index (κ3) is 5.67. The van der Waals surface area contributed by atoms with E-state index >= 15 is 0 Å². The standard InChI is InChI=1S/C15H14F3N3O3/c16-15(17,18)24-14-7-3-12(4-8-14)20-10-9-19-11-1-5-13(6-2-11)21(22)23/h1-8,19-20H,9-10H2. The minimum Gasteiger partial charge on any atom is -0.406 e. The first-order valence-corrected chi connectivity index (χ1v) is 6.91. The smallest absolute Gasteiger partial charge is 0.406 e. The van der Waals surface area contributed by atoms with Gasteiger partial charge in [-0.1, -0.05) is 0 Å². The van der Waals surface area contributed by atoms with Crippen LogP contribution in [-0.4, -0.2) is 24.4 Å². The van der Waals surface area contributed by atoms with Crippen LogP contribution in [0.4, 0.5) is 30.2 Å². The Kier molecular flexibility index (Phi) is 5.46. The highest BCUT2D eigenvalue weighted by atomic mass is 19.4. The number of alkyl halides is 3. The Hall–Kier alpha value is -2.97. The van der Waals surface area contributed by atoms with E-state index in [1.165, 1.54) is 36.4 Å². The van der Waals surface area contributed by atoms with Crippen molar-refractivity contribution in [2.45, 2.75) is 6.36 Å². The summed E-state index contributed by atoms with van der Waals surface area (Å²) in [4.78, 5) is 10.1. The largest absolute Gasteiger partial charge is 0.573 e.